The average molecular weight is 373 g/mol. The van der Waals surface area contributed by atoms with E-state index in [-0.39, 0.29) is 22.5 Å². The first-order valence-electron chi connectivity index (χ1n) is 11.3. The molecule has 1 heterocycles. The van der Waals surface area contributed by atoms with E-state index >= 15 is 0 Å². The quantitative estimate of drug-likeness (QED) is 0.595. The normalized spacial score (nSPS) is 52.5. The summed E-state index contributed by atoms with van der Waals surface area (Å²) in [6.07, 6.45) is 9.45. The molecule has 27 heavy (non-hydrogen) atoms. The van der Waals surface area contributed by atoms with Gasteiger partial charge in [-0.05, 0) is 87.5 Å². The lowest BCUT2D eigenvalue weighted by molar-refractivity contribution is -0.252. The average Bonchev–Trinajstić information content (AvgIpc) is 2.95. The van der Waals surface area contributed by atoms with Crippen LogP contribution in [0.1, 0.15) is 79.1 Å². The highest BCUT2D eigenvalue weighted by Crippen LogP contribution is 2.69. The number of carbonyl (C=O) groups is 1. The van der Waals surface area contributed by atoms with Gasteiger partial charge in [-0.3, -0.25) is 4.79 Å². The largest absolute Gasteiger partial charge is 0.373 e. The second-order valence-electron chi connectivity index (χ2n) is 10.6. The fourth-order valence-electron chi connectivity index (χ4n) is 8.62. The van der Waals surface area contributed by atoms with E-state index in [0.29, 0.717) is 5.78 Å². The molecule has 3 nitrogen and oxygen atoms in total. The van der Waals surface area contributed by atoms with Gasteiger partial charge in [0, 0.05) is 11.8 Å². The number of Topliss-reactive ketones (excluding diaryl/α,β-unsaturated/α-hetero) is 1. The summed E-state index contributed by atoms with van der Waals surface area (Å²) in [5.41, 5.74) is 3.05. The van der Waals surface area contributed by atoms with Crippen LogP contribution < -0.4 is 0 Å². The maximum atomic E-state index is 12.3. The van der Waals surface area contributed by atoms with Crippen LogP contribution in [0.3, 0.4) is 0 Å². The second-order valence-corrected chi connectivity index (χ2v) is 10.6. The van der Waals surface area contributed by atoms with E-state index in [1.807, 2.05) is 0 Å². The second kappa shape index (κ2) is 5.92. The van der Waals surface area contributed by atoms with E-state index in [0.717, 1.165) is 62.2 Å². The van der Waals surface area contributed by atoms with E-state index in [2.05, 4.69) is 27.7 Å². The Bertz CT molecular complexity index is 696. The number of ketones is 1. The Morgan fingerprint density at radius 2 is 1.74 bits per heavy atom. The minimum absolute atomic E-state index is 0.0731. The third-order valence-electron chi connectivity index (χ3n) is 10.1. The van der Waals surface area contributed by atoms with Crippen LogP contribution >= 0.6 is 0 Å². The Morgan fingerprint density at radius 3 is 2.52 bits per heavy atom. The molecule has 0 N–H and O–H groups in total. The highest BCUT2D eigenvalue weighted by Gasteiger charge is 2.67. The lowest BCUT2D eigenvalue weighted by Crippen LogP contribution is -2.61. The molecular formula is C24H36O3. The molecule has 0 aromatic heterocycles. The number of fused-ring (bicyclic) bond motifs is 6. The maximum absolute atomic E-state index is 12.3. The Morgan fingerprint density at radius 1 is 0.963 bits per heavy atom. The van der Waals surface area contributed by atoms with Gasteiger partial charge in [-0.15, -0.1) is 0 Å². The fraction of sp³-hybridized carbons (Fsp3) is 0.875. The van der Waals surface area contributed by atoms with Crippen molar-refractivity contribution >= 4 is 5.78 Å². The number of allylic oxidation sites excluding steroid dienone is 1. The van der Waals surface area contributed by atoms with Crippen LogP contribution in [-0.2, 0) is 14.3 Å². The van der Waals surface area contributed by atoms with Crippen molar-refractivity contribution in [1.82, 2.24) is 0 Å². The summed E-state index contributed by atoms with van der Waals surface area (Å²) in [6, 6.07) is 0. The van der Waals surface area contributed by atoms with Gasteiger partial charge < -0.3 is 9.47 Å². The predicted octanol–water partition coefficient (Wildman–Crippen LogP) is 5.08. The number of hydrogen-bond donors (Lipinski definition) is 0. The van der Waals surface area contributed by atoms with Crippen LogP contribution in [0, 0.1) is 28.6 Å². The Labute approximate surface area is 164 Å². The Kier molecular flexibility index (Phi) is 4.03. The molecule has 5 rings (SSSR count). The molecular weight excluding hydrogens is 336 g/mol. The van der Waals surface area contributed by atoms with Gasteiger partial charge in [-0.2, -0.15) is 0 Å². The minimum Gasteiger partial charge on any atom is -0.373 e. The molecule has 1 aliphatic heterocycles. The third-order valence-corrected chi connectivity index (χ3v) is 10.1. The third kappa shape index (κ3) is 2.19. The summed E-state index contributed by atoms with van der Waals surface area (Å²) >= 11 is 0. The van der Waals surface area contributed by atoms with Crippen molar-refractivity contribution in [3.63, 3.8) is 0 Å². The standard InChI is InChI=1S/C24H36O3/c1-15-18-6-5-17-19(22(18,3)10-9-21(15)25)7-11-23(4)20(17)8-12-24(23)16(2)26-13-14-27-24/h16-17,19-20H,5-14H2,1-4H3/t16?,17-,19+,20+,22+,23+,24+/m1/s1. The van der Waals surface area contributed by atoms with Gasteiger partial charge in [0.15, 0.2) is 5.78 Å². The van der Waals surface area contributed by atoms with Crippen LogP contribution in [0.4, 0.5) is 0 Å². The first kappa shape index (κ1) is 18.4. The van der Waals surface area contributed by atoms with Crippen molar-refractivity contribution in [2.45, 2.75) is 90.8 Å². The Balaban J connectivity index is 1.50. The molecule has 1 unspecified atom stereocenters. The van der Waals surface area contributed by atoms with Crippen LogP contribution in [0.5, 0.6) is 0 Å². The molecule has 4 aliphatic carbocycles. The molecule has 0 radical (unpaired) electrons. The predicted molar refractivity (Wildman–Crippen MR) is 105 cm³/mol. The molecule has 3 saturated carbocycles. The molecule has 1 spiro atoms. The monoisotopic (exact) mass is 372 g/mol. The van der Waals surface area contributed by atoms with Crippen molar-refractivity contribution in [1.29, 1.82) is 0 Å². The molecule has 0 amide bonds. The molecule has 3 heteroatoms. The zero-order chi connectivity index (χ0) is 19.0. The molecule has 1 saturated heterocycles. The molecule has 0 aromatic carbocycles. The topological polar surface area (TPSA) is 35.5 Å². The van der Waals surface area contributed by atoms with Gasteiger partial charge in [-0.25, -0.2) is 0 Å². The molecule has 5 aliphatic rings. The van der Waals surface area contributed by atoms with Gasteiger partial charge >= 0.3 is 0 Å². The van der Waals surface area contributed by atoms with Crippen LogP contribution in [-0.4, -0.2) is 30.7 Å². The van der Waals surface area contributed by atoms with Gasteiger partial charge in [0.25, 0.3) is 0 Å². The number of hydrogen-bond acceptors (Lipinski definition) is 3. The van der Waals surface area contributed by atoms with Crippen molar-refractivity contribution in [2.24, 2.45) is 28.6 Å². The van der Waals surface area contributed by atoms with E-state index in [1.165, 1.54) is 31.3 Å². The smallest absolute Gasteiger partial charge is 0.158 e. The molecule has 7 atom stereocenters. The minimum atomic E-state index is -0.0731. The zero-order valence-electron chi connectivity index (χ0n) is 17.6. The number of rotatable bonds is 0. The Hall–Kier alpha value is -0.670. The van der Waals surface area contributed by atoms with Crippen LogP contribution in [0.25, 0.3) is 0 Å². The summed E-state index contributed by atoms with van der Waals surface area (Å²) in [4.78, 5) is 12.3. The highest BCUT2D eigenvalue weighted by atomic mass is 16.6. The number of ether oxygens (including phenoxy) is 2. The van der Waals surface area contributed by atoms with Gasteiger partial charge in [-0.1, -0.05) is 19.4 Å². The van der Waals surface area contributed by atoms with Gasteiger partial charge in [0.1, 0.15) is 0 Å². The van der Waals surface area contributed by atoms with Crippen LogP contribution in [0.15, 0.2) is 11.1 Å². The van der Waals surface area contributed by atoms with Crippen molar-refractivity contribution in [2.75, 3.05) is 13.2 Å². The summed E-state index contributed by atoms with van der Waals surface area (Å²) in [7, 11) is 0. The van der Waals surface area contributed by atoms with Crippen LogP contribution in [0.2, 0.25) is 0 Å². The zero-order valence-corrected chi connectivity index (χ0v) is 17.6. The summed E-state index contributed by atoms with van der Waals surface area (Å²) in [5, 5.41) is 0. The van der Waals surface area contributed by atoms with E-state index in [1.54, 1.807) is 0 Å². The highest BCUT2D eigenvalue weighted by molar-refractivity contribution is 5.96. The van der Waals surface area contributed by atoms with Crippen molar-refractivity contribution in [3.05, 3.63) is 11.1 Å². The lowest BCUT2D eigenvalue weighted by Gasteiger charge is -2.61. The fourth-order valence-corrected chi connectivity index (χ4v) is 8.62. The first-order valence-corrected chi connectivity index (χ1v) is 11.3. The number of carbonyl (C=O) groups excluding carboxylic acids is 1. The van der Waals surface area contributed by atoms with Crippen molar-refractivity contribution < 1.29 is 14.3 Å². The molecule has 0 aromatic rings. The summed E-state index contributed by atoms with van der Waals surface area (Å²) < 4.78 is 12.7. The van der Waals surface area contributed by atoms with Gasteiger partial charge in [0.05, 0.1) is 24.9 Å². The van der Waals surface area contributed by atoms with E-state index < -0.39 is 0 Å². The first-order chi connectivity index (χ1) is 12.8. The SMILES string of the molecule is CC1=C2CC[C@@H]3[C@H](CC[C@@]4(C)[C@H]3CC[C@@]43OCCOC3C)[C@@]2(C)CCC1=O. The van der Waals surface area contributed by atoms with Crippen molar-refractivity contribution in [3.8, 4) is 0 Å². The van der Waals surface area contributed by atoms with E-state index in [9.17, 15) is 4.79 Å². The van der Waals surface area contributed by atoms with E-state index in [4.69, 9.17) is 9.47 Å². The van der Waals surface area contributed by atoms with Gasteiger partial charge in [0.2, 0.25) is 0 Å². The summed E-state index contributed by atoms with van der Waals surface area (Å²) in [6.45, 7) is 10.9. The molecule has 150 valence electrons. The molecule has 0 bridgehead atoms. The summed E-state index contributed by atoms with van der Waals surface area (Å²) in [5.74, 6) is 2.69. The maximum Gasteiger partial charge on any atom is 0.158 e. The molecule has 4 fully saturated rings. The lowest BCUT2D eigenvalue weighted by atomic mass is 9.45.